The summed E-state index contributed by atoms with van der Waals surface area (Å²) >= 11 is 0. The number of rotatable bonds is 3. The Labute approximate surface area is 66.6 Å². The molecule has 0 bridgehead atoms. The maximum absolute atomic E-state index is 2.35. The number of hydrogen-bond donors (Lipinski definition) is 0. The lowest BCUT2D eigenvalue weighted by molar-refractivity contribution is 0.461. The summed E-state index contributed by atoms with van der Waals surface area (Å²) in [4.78, 5) is 0. The van der Waals surface area contributed by atoms with E-state index in [2.05, 4.69) is 13.8 Å². The van der Waals surface area contributed by atoms with Crippen molar-refractivity contribution in [2.24, 2.45) is 5.92 Å². The van der Waals surface area contributed by atoms with Gasteiger partial charge in [-0.2, -0.15) is 0 Å². The highest BCUT2D eigenvalue weighted by atomic mass is 31.1. The van der Waals surface area contributed by atoms with Crippen molar-refractivity contribution >= 4 is 8.58 Å². The van der Waals surface area contributed by atoms with E-state index in [0.29, 0.717) is 0 Å². The summed E-state index contributed by atoms with van der Waals surface area (Å²) in [7, 11) is 1.29. The zero-order valence-electron chi connectivity index (χ0n) is 7.19. The van der Waals surface area contributed by atoms with Gasteiger partial charge in [-0.15, -0.1) is 8.58 Å². The molecule has 0 nitrogen and oxygen atoms in total. The van der Waals surface area contributed by atoms with Crippen LogP contribution < -0.4 is 0 Å². The summed E-state index contributed by atoms with van der Waals surface area (Å²) in [5.74, 6) is 1.10. The van der Waals surface area contributed by atoms with Crippen LogP contribution in [0.5, 0.6) is 0 Å². The topological polar surface area (TPSA) is 0 Å². The lowest BCUT2D eigenvalue weighted by Gasteiger charge is -2.15. The molecule has 0 aromatic carbocycles. The van der Waals surface area contributed by atoms with E-state index in [-0.39, 0.29) is 0 Å². The molecular formula is C9H19P. The zero-order valence-corrected chi connectivity index (χ0v) is 8.19. The van der Waals surface area contributed by atoms with Crippen LogP contribution in [0.1, 0.15) is 39.5 Å². The quantitative estimate of drug-likeness (QED) is 0.553. The molecule has 1 heteroatoms. The van der Waals surface area contributed by atoms with E-state index in [0.717, 1.165) is 11.6 Å². The van der Waals surface area contributed by atoms with E-state index in [1.165, 1.54) is 40.4 Å². The van der Waals surface area contributed by atoms with Gasteiger partial charge in [-0.25, -0.2) is 0 Å². The first kappa shape index (κ1) is 8.53. The molecule has 0 amide bonds. The minimum Gasteiger partial charge on any atom is -0.119 e. The summed E-state index contributed by atoms with van der Waals surface area (Å²) in [6.07, 6.45) is 7.38. The monoisotopic (exact) mass is 158 g/mol. The smallest absolute Gasteiger partial charge is 0.0211 e. The molecule has 3 unspecified atom stereocenters. The van der Waals surface area contributed by atoms with Gasteiger partial charge in [0.25, 0.3) is 0 Å². The van der Waals surface area contributed by atoms with Gasteiger partial charge in [0.05, 0.1) is 0 Å². The fourth-order valence-electron chi connectivity index (χ4n) is 2.02. The fourth-order valence-corrected chi connectivity index (χ4v) is 3.88. The van der Waals surface area contributed by atoms with Crippen molar-refractivity contribution in [2.75, 3.05) is 6.16 Å². The van der Waals surface area contributed by atoms with Gasteiger partial charge in [-0.3, -0.25) is 0 Å². The Morgan fingerprint density at radius 2 is 2.20 bits per heavy atom. The van der Waals surface area contributed by atoms with Gasteiger partial charge in [-0.1, -0.05) is 26.7 Å². The Bertz CT molecular complexity index is 90.7. The molecule has 0 aliphatic carbocycles. The second-order valence-corrected chi connectivity index (χ2v) is 4.96. The summed E-state index contributed by atoms with van der Waals surface area (Å²) < 4.78 is 0. The molecule has 1 aliphatic heterocycles. The maximum atomic E-state index is 2.35. The van der Waals surface area contributed by atoms with Crippen LogP contribution in [-0.4, -0.2) is 11.8 Å². The molecule has 0 spiro atoms. The molecule has 0 aromatic rings. The zero-order chi connectivity index (χ0) is 7.40. The molecule has 0 radical (unpaired) electrons. The van der Waals surface area contributed by atoms with Crippen LogP contribution in [0.15, 0.2) is 0 Å². The van der Waals surface area contributed by atoms with E-state index >= 15 is 0 Å². The predicted octanol–water partition coefficient (Wildman–Crippen LogP) is 3.26. The third-order valence-corrected chi connectivity index (χ3v) is 4.57. The standard InChI is InChI=1S/C9H19P/c1-3-5-8-6-7-10-9(8)4-2/h8-10H,3-7H2,1-2H3. The highest BCUT2D eigenvalue weighted by molar-refractivity contribution is 7.39. The normalized spacial score (nSPS) is 35.4. The Balaban J connectivity index is 2.27. The second-order valence-electron chi connectivity index (χ2n) is 3.31. The third kappa shape index (κ3) is 1.95. The van der Waals surface area contributed by atoms with Crippen LogP contribution in [0.3, 0.4) is 0 Å². The average molecular weight is 158 g/mol. The predicted molar refractivity (Wildman–Crippen MR) is 50.3 cm³/mol. The second kappa shape index (κ2) is 4.34. The first-order valence-corrected chi connectivity index (χ1v) is 5.90. The van der Waals surface area contributed by atoms with Crippen LogP contribution >= 0.6 is 8.58 Å². The Kier molecular flexibility index (Phi) is 3.70. The van der Waals surface area contributed by atoms with Crippen molar-refractivity contribution in [3.05, 3.63) is 0 Å². The van der Waals surface area contributed by atoms with E-state index < -0.39 is 0 Å². The molecule has 0 saturated carbocycles. The Hall–Kier alpha value is 0.430. The maximum Gasteiger partial charge on any atom is -0.0211 e. The van der Waals surface area contributed by atoms with Gasteiger partial charge < -0.3 is 0 Å². The lowest BCUT2D eigenvalue weighted by Crippen LogP contribution is -2.08. The molecule has 3 atom stereocenters. The van der Waals surface area contributed by atoms with Crippen molar-refractivity contribution in [1.82, 2.24) is 0 Å². The third-order valence-electron chi connectivity index (χ3n) is 2.59. The van der Waals surface area contributed by atoms with Gasteiger partial charge in [0.2, 0.25) is 0 Å². The minimum atomic E-state index is 1.10. The van der Waals surface area contributed by atoms with Crippen LogP contribution in [0.4, 0.5) is 0 Å². The highest BCUT2D eigenvalue weighted by Crippen LogP contribution is 2.41. The molecule has 0 aromatic heterocycles. The van der Waals surface area contributed by atoms with Crippen LogP contribution in [-0.2, 0) is 0 Å². The largest absolute Gasteiger partial charge is 0.119 e. The fraction of sp³-hybridized carbons (Fsp3) is 1.00. The summed E-state index contributed by atoms with van der Waals surface area (Å²) in [5, 5.41) is 0. The summed E-state index contributed by atoms with van der Waals surface area (Å²) in [5.41, 5.74) is 1.11. The molecule has 1 rings (SSSR count). The van der Waals surface area contributed by atoms with Crippen LogP contribution in [0, 0.1) is 5.92 Å². The summed E-state index contributed by atoms with van der Waals surface area (Å²) in [6, 6.07) is 0. The molecule has 1 saturated heterocycles. The van der Waals surface area contributed by atoms with E-state index in [4.69, 9.17) is 0 Å². The molecular weight excluding hydrogens is 139 g/mol. The highest BCUT2D eigenvalue weighted by Gasteiger charge is 2.24. The van der Waals surface area contributed by atoms with Gasteiger partial charge >= 0.3 is 0 Å². The SMILES string of the molecule is CCCC1CCPC1CC. The average Bonchev–Trinajstić information content (AvgIpc) is 2.36. The van der Waals surface area contributed by atoms with Crippen LogP contribution in [0.2, 0.25) is 0 Å². The molecule has 1 fully saturated rings. The van der Waals surface area contributed by atoms with Gasteiger partial charge in [0, 0.05) is 0 Å². The van der Waals surface area contributed by atoms with Gasteiger partial charge in [-0.05, 0) is 30.6 Å². The van der Waals surface area contributed by atoms with Crippen molar-refractivity contribution in [3.63, 3.8) is 0 Å². The van der Waals surface area contributed by atoms with Crippen LogP contribution in [0.25, 0.3) is 0 Å². The van der Waals surface area contributed by atoms with Crippen molar-refractivity contribution < 1.29 is 0 Å². The molecule has 1 heterocycles. The Morgan fingerprint density at radius 1 is 1.40 bits per heavy atom. The number of hydrogen-bond acceptors (Lipinski definition) is 0. The molecule has 0 N–H and O–H groups in total. The van der Waals surface area contributed by atoms with Gasteiger partial charge in [0.1, 0.15) is 0 Å². The molecule has 60 valence electrons. The van der Waals surface area contributed by atoms with Crippen molar-refractivity contribution in [2.45, 2.75) is 45.2 Å². The molecule has 10 heavy (non-hydrogen) atoms. The molecule has 1 aliphatic rings. The first-order valence-electron chi connectivity index (χ1n) is 4.61. The van der Waals surface area contributed by atoms with Crippen molar-refractivity contribution in [1.29, 1.82) is 0 Å². The Morgan fingerprint density at radius 3 is 2.80 bits per heavy atom. The van der Waals surface area contributed by atoms with Gasteiger partial charge in [0.15, 0.2) is 0 Å². The van der Waals surface area contributed by atoms with E-state index in [9.17, 15) is 0 Å². The minimum absolute atomic E-state index is 1.10. The summed E-state index contributed by atoms with van der Waals surface area (Å²) in [6.45, 7) is 4.67. The van der Waals surface area contributed by atoms with E-state index in [1.807, 2.05) is 0 Å². The van der Waals surface area contributed by atoms with Crippen molar-refractivity contribution in [3.8, 4) is 0 Å². The van der Waals surface area contributed by atoms with E-state index in [1.54, 1.807) is 0 Å². The lowest BCUT2D eigenvalue weighted by atomic mass is 9.96. The first-order chi connectivity index (χ1) is 4.88.